The highest BCUT2D eigenvalue weighted by Crippen LogP contribution is 2.29. The molecule has 2 N–H and O–H groups in total. The minimum Gasteiger partial charge on any atom is -0.478 e. The molecule has 0 aliphatic rings. The maximum Gasteiger partial charge on any atom is 0.335 e. The molecule has 3 heteroatoms. The second-order valence-corrected chi connectivity index (χ2v) is 8.94. The second kappa shape index (κ2) is 19.6. The molecule has 1 aromatic rings. The van der Waals surface area contributed by atoms with Gasteiger partial charge in [-0.1, -0.05) is 104 Å². The summed E-state index contributed by atoms with van der Waals surface area (Å²) in [5.74, 6) is 0.406. The molecule has 0 aliphatic carbocycles. The van der Waals surface area contributed by atoms with Crippen molar-refractivity contribution in [3.8, 4) is 0 Å². The number of carbonyl (C=O) groups is 1. The third-order valence-electron chi connectivity index (χ3n) is 5.65. The van der Waals surface area contributed by atoms with Gasteiger partial charge in [-0.2, -0.15) is 0 Å². The van der Waals surface area contributed by atoms with Crippen molar-refractivity contribution >= 4 is 5.97 Å². The molecule has 0 radical (unpaired) electrons. The van der Waals surface area contributed by atoms with Crippen LogP contribution in [0.3, 0.4) is 0 Å². The predicted molar refractivity (Wildman–Crippen MR) is 129 cm³/mol. The van der Waals surface area contributed by atoms with Gasteiger partial charge in [0.1, 0.15) is 0 Å². The zero-order chi connectivity index (χ0) is 22.6. The van der Waals surface area contributed by atoms with Crippen molar-refractivity contribution in [2.24, 2.45) is 5.92 Å². The summed E-state index contributed by atoms with van der Waals surface area (Å²) < 4.78 is 0. The molecule has 1 rings (SSSR count). The molecule has 0 aliphatic heterocycles. The van der Waals surface area contributed by atoms with E-state index in [2.05, 4.69) is 27.7 Å². The molecule has 0 bridgehead atoms. The van der Waals surface area contributed by atoms with Crippen LogP contribution >= 0.6 is 0 Å². The first-order valence-corrected chi connectivity index (χ1v) is 12.4. The van der Waals surface area contributed by atoms with Gasteiger partial charge in [0.25, 0.3) is 0 Å². The Hall–Kier alpha value is -1.35. The monoisotopic (exact) mass is 420 g/mol. The highest BCUT2D eigenvalue weighted by Gasteiger charge is 2.12. The highest BCUT2D eigenvalue weighted by atomic mass is 16.4. The Kier molecular flexibility index (Phi) is 18.7. The summed E-state index contributed by atoms with van der Waals surface area (Å²) in [6.45, 7) is 9.02. The molecule has 0 aromatic heterocycles. The van der Waals surface area contributed by atoms with Crippen LogP contribution in [0.5, 0.6) is 0 Å². The Balaban J connectivity index is 0.00000122. The smallest absolute Gasteiger partial charge is 0.335 e. The van der Waals surface area contributed by atoms with E-state index in [-0.39, 0.29) is 0 Å². The molecule has 0 saturated heterocycles. The lowest BCUT2D eigenvalue weighted by atomic mass is 9.87. The average Bonchev–Trinajstić information content (AvgIpc) is 2.72. The molecular formula is C27H48O3. The van der Waals surface area contributed by atoms with E-state index in [9.17, 15) is 4.79 Å². The molecule has 0 fully saturated rings. The van der Waals surface area contributed by atoms with Gasteiger partial charge in [0.05, 0.1) is 5.56 Å². The van der Waals surface area contributed by atoms with Crippen LogP contribution in [0.2, 0.25) is 0 Å². The van der Waals surface area contributed by atoms with Crippen LogP contribution < -0.4 is 0 Å². The summed E-state index contributed by atoms with van der Waals surface area (Å²) in [5, 5.41) is 17.3. The molecule has 0 amide bonds. The molecule has 174 valence electrons. The topological polar surface area (TPSA) is 57.5 Å². The van der Waals surface area contributed by atoms with E-state index < -0.39 is 5.97 Å². The maximum atomic E-state index is 11.0. The molecule has 3 nitrogen and oxygen atoms in total. The number of carboxylic acid groups (broad SMARTS) is 1. The third kappa shape index (κ3) is 15.5. The van der Waals surface area contributed by atoms with Crippen molar-refractivity contribution in [2.75, 3.05) is 6.61 Å². The highest BCUT2D eigenvalue weighted by molar-refractivity contribution is 5.87. The SMILES string of the molecule is CC(C)CCO.CCCCCCCC(CCCCCCC)c1ccc(C(=O)O)cc1. The van der Waals surface area contributed by atoms with E-state index in [0.29, 0.717) is 24.0 Å². The molecule has 0 heterocycles. The van der Waals surface area contributed by atoms with E-state index in [0.717, 1.165) is 6.42 Å². The van der Waals surface area contributed by atoms with Crippen molar-refractivity contribution in [1.29, 1.82) is 0 Å². The number of hydrogen-bond donors (Lipinski definition) is 2. The lowest BCUT2D eigenvalue weighted by Gasteiger charge is -2.18. The number of carboxylic acids is 1. The Bertz CT molecular complexity index is 493. The number of benzene rings is 1. The van der Waals surface area contributed by atoms with E-state index in [4.69, 9.17) is 10.2 Å². The van der Waals surface area contributed by atoms with Crippen molar-refractivity contribution in [3.63, 3.8) is 0 Å². The van der Waals surface area contributed by atoms with Crippen molar-refractivity contribution in [3.05, 3.63) is 35.4 Å². The first-order chi connectivity index (χ1) is 14.5. The molecule has 0 saturated carbocycles. The number of aromatic carboxylic acids is 1. The Morgan fingerprint density at radius 3 is 1.57 bits per heavy atom. The lowest BCUT2D eigenvalue weighted by molar-refractivity contribution is 0.0697. The normalized spacial score (nSPS) is 10.9. The summed E-state index contributed by atoms with van der Waals surface area (Å²) in [5.41, 5.74) is 1.72. The quantitative estimate of drug-likeness (QED) is 0.265. The average molecular weight is 421 g/mol. The molecule has 0 spiro atoms. The van der Waals surface area contributed by atoms with Crippen molar-refractivity contribution in [1.82, 2.24) is 0 Å². The fourth-order valence-electron chi connectivity index (χ4n) is 3.62. The zero-order valence-electron chi connectivity index (χ0n) is 20.2. The maximum absolute atomic E-state index is 11.0. The second-order valence-electron chi connectivity index (χ2n) is 8.94. The molecule has 1 aromatic carbocycles. The van der Waals surface area contributed by atoms with E-state index in [1.54, 1.807) is 12.1 Å². The number of aliphatic hydroxyl groups is 1. The Morgan fingerprint density at radius 2 is 1.23 bits per heavy atom. The van der Waals surface area contributed by atoms with Gasteiger partial charge in [0, 0.05) is 6.61 Å². The van der Waals surface area contributed by atoms with Crippen LogP contribution in [-0.2, 0) is 0 Å². The molecule has 0 atom stereocenters. The molecule has 30 heavy (non-hydrogen) atoms. The van der Waals surface area contributed by atoms with Crippen LogP contribution in [0.1, 0.15) is 133 Å². The van der Waals surface area contributed by atoms with Gasteiger partial charge in [-0.3, -0.25) is 0 Å². The third-order valence-corrected chi connectivity index (χ3v) is 5.65. The number of hydrogen-bond acceptors (Lipinski definition) is 2. The fourth-order valence-corrected chi connectivity index (χ4v) is 3.62. The van der Waals surface area contributed by atoms with Crippen molar-refractivity contribution in [2.45, 2.75) is 117 Å². The van der Waals surface area contributed by atoms with Gasteiger partial charge in [0.2, 0.25) is 0 Å². The molecule has 0 unspecified atom stereocenters. The lowest BCUT2D eigenvalue weighted by Crippen LogP contribution is -2.02. The number of unbranched alkanes of at least 4 members (excludes halogenated alkanes) is 8. The fraction of sp³-hybridized carbons (Fsp3) is 0.741. The predicted octanol–water partition coefficient (Wildman–Crippen LogP) is 8.21. The largest absolute Gasteiger partial charge is 0.478 e. The summed E-state index contributed by atoms with van der Waals surface area (Å²) >= 11 is 0. The van der Waals surface area contributed by atoms with Crippen LogP contribution in [0, 0.1) is 5.92 Å². The van der Waals surface area contributed by atoms with Crippen molar-refractivity contribution < 1.29 is 15.0 Å². The van der Waals surface area contributed by atoms with Gasteiger partial charge >= 0.3 is 5.97 Å². The van der Waals surface area contributed by atoms with Gasteiger partial charge < -0.3 is 10.2 Å². The van der Waals surface area contributed by atoms with Crippen LogP contribution in [0.25, 0.3) is 0 Å². The summed E-state index contributed by atoms with van der Waals surface area (Å²) in [7, 11) is 0. The van der Waals surface area contributed by atoms with Crippen LogP contribution in [0.4, 0.5) is 0 Å². The first kappa shape index (κ1) is 28.6. The minimum absolute atomic E-state index is 0.331. The van der Waals surface area contributed by atoms with Gasteiger partial charge in [0.15, 0.2) is 0 Å². The van der Waals surface area contributed by atoms with Crippen LogP contribution in [0.15, 0.2) is 24.3 Å². The van der Waals surface area contributed by atoms with E-state index in [1.807, 2.05) is 12.1 Å². The zero-order valence-corrected chi connectivity index (χ0v) is 20.2. The van der Waals surface area contributed by atoms with E-state index in [1.165, 1.54) is 82.6 Å². The standard InChI is InChI=1S/C22H36O2.C5H12O/c1-3-5-7-9-11-13-19(14-12-10-8-6-4-2)20-15-17-21(18-16-20)22(23)24;1-5(2)3-4-6/h15-19H,3-14H2,1-2H3,(H,23,24);5-6H,3-4H2,1-2H3. The van der Waals surface area contributed by atoms with Gasteiger partial charge in [-0.15, -0.1) is 0 Å². The minimum atomic E-state index is -0.836. The Labute approximate surface area is 186 Å². The van der Waals surface area contributed by atoms with Crippen LogP contribution in [-0.4, -0.2) is 22.8 Å². The number of aliphatic hydroxyl groups excluding tert-OH is 1. The van der Waals surface area contributed by atoms with Gasteiger partial charge in [-0.05, 0) is 48.8 Å². The Morgan fingerprint density at radius 1 is 0.767 bits per heavy atom. The summed E-state index contributed by atoms with van der Waals surface area (Å²) in [6.07, 6.45) is 16.6. The molecular weight excluding hydrogens is 372 g/mol. The number of rotatable bonds is 16. The van der Waals surface area contributed by atoms with Gasteiger partial charge in [-0.25, -0.2) is 4.79 Å². The first-order valence-electron chi connectivity index (χ1n) is 12.4. The summed E-state index contributed by atoms with van der Waals surface area (Å²) in [6, 6.07) is 7.59. The summed E-state index contributed by atoms with van der Waals surface area (Å²) in [4.78, 5) is 11.0. The van der Waals surface area contributed by atoms with E-state index >= 15 is 0 Å².